The van der Waals surface area contributed by atoms with Crippen LogP contribution in [0.25, 0.3) is 11.0 Å². The van der Waals surface area contributed by atoms with Crippen molar-refractivity contribution in [2.45, 2.75) is 39.3 Å². The highest BCUT2D eigenvalue weighted by molar-refractivity contribution is 7.71. The van der Waals surface area contributed by atoms with Gasteiger partial charge in [0.25, 0.3) is 0 Å². The molecule has 2 aromatic rings. The number of aromatic amines is 1. The summed E-state index contributed by atoms with van der Waals surface area (Å²) in [5.41, 5.74) is 3.60. The van der Waals surface area contributed by atoms with Crippen LogP contribution in [0.5, 0.6) is 0 Å². The molecule has 1 aliphatic rings. The number of aromatic nitrogens is 2. The standard InChI is InChI=1S/C15H20N2OS/c1-3-14-11(6-7-18-14)9-17-13-5-4-10(2)8-12(13)16-15(17)19/h4-5,8,11,14H,3,6-7,9H2,1-2H3,(H,16,19). The Bertz CT molecular complexity index is 643. The number of H-pyrrole nitrogens is 1. The number of nitrogens with one attached hydrogen (secondary N) is 1. The lowest BCUT2D eigenvalue weighted by molar-refractivity contribution is 0.0837. The maximum absolute atomic E-state index is 5.78. The Morgan fingerprint density at radius 1 is 1.47 bits per heavy atom. The van der Waals surface area contributed by atoms with Gasteiger partial charge in [0.15, 0.2) is 4.77 Å². The summed E-state index contributed by atoms with van der Waals surface area (Å²) < 4.78 is 8.83. The smallest absolute Gasteiger partial charge is 0.178 e. The van der Waals surface area contributed by atoms with Crippen molar-refractivity contribution in [3.05, 3.63) is 28.5 Å². The first kappa shape index (κ1) is 12.9. The van der Waals surface area contributed by atoms with Crippen molar-refractivity contribution < 1.29 is 4.74 Å². The zero-order valence-electron chi connectivity index (χ0n) is 11.5. The molecule has 0 bridgehead atoms. The average molecular weight is 276 g/mol. The quantitative estimate of drug-likeness (QED) is 0.864. The van der Waals surface area contributed by atoms with Gasteiger partial charge in [0, 0.05) is 19.1 Å². The lowest BCUT2D eigenvalue weighted by atomic mass is 9.99. The first-order valence-corrected chi connectivity index (χ1v) is 7.40. The van der Waals surface area contributed by atoms with Crippen LogP contribution < -0.4 is 0 Å². The third-order valence-electron chi connectivity index (χ3n) is 4.10. The minimum absolute atomic E-state index is 0.386. The Morgan fingerprint density at radius 3 is 3.11 bits per heavy atom. The first-order valence-electron chi connectivity index (χ1n) is 7.00. The summed E-state index contributed by atoms with van der Waals surface area (Å²) in [6.07, 6.45) is 2.61. The maximum Gasteiger partial charge on any atom is 0.178 e. The highest BCUT2D eigenvalue weighted by Gasteiger charge is 2.27. The van der Waals surface area contributed by atoms with Gasteiger partial charge in [-0.1, -0.05) is 13.0 Å². The minimum atomic E-state index is 0.386. The average Bonchev–Trinajstić information content (AvgIpc) is 2.95. The van der Waals surface area contributed by atoms with Crippen LogP contribution >= 0.6 is 12.2 Å². The van der Waals surface area contributed by atoms with Crippen LogP contribution in [-0.2, 0) is 11.3 Å². The summed E-state index contributed by atoms with van der Waals surface area (Å²) in [5, 5.41) is 0. The topological polar surface area (TPSA) is 29.9 Å². The molecule has 0 saturated carbocycles. The lowest BCUT2D eigenvalue weighted by Gasteiger charge is -2.17. The van der Waals surface area contributed by atoms with E-state index in [1.807, 2.05) is 0 Å². The van der Waals surface area contributed by atoms with E-state index in [-0.39, 0.29) is 0 Å². The van der Waals surface area contributed by atoms with E-state index in [1.54, 1.807) is 0 Å². The van der Waals surface area contributed by atoms with E-state index in [9.17, 15) is 0 Å². The summed E-state index contributed by atoms with van der Waals surface area (Å²) in [6, 6.07) is 6.46. The molecular formula is C15H20N2OS. The fraction of sp³-hybridized carbons (Fsp3) is 0.533. The van der Waals surface area contributed by atoms with Crippen molar-refractivity contribution in [2.24, 2.45) is 5.92 Å². The van der Waals surface area contributed by atoms with Crippen molar-refractivity contribution in [3.8, 4) is 0 Å². The molecule has 1 aromatic heterocycles. The molecule has 0 radical (unpaired) electrons. The van der Waals surface area contributed by atoms with E-state index in [2.05, 4.69) is 41.6 Å². The van der Waals surface area contributed by atoms with E-state index in [0.29, 0.717) is 12.0 Å². The minimum Gasteiger partial charge on any atom is -0.378 e. The Balaban J connectivity index is 1.96. The molecule has 1 aromatic carbocycles. The summed E-state index contributed by atoms with van der Waals surface area (Å²) in [5.74, 6) is 0.581. The second kappa shape index (κ2) is 5.10. The second-order valence-corrected chi connectivity index (χ2v) is 5.81. The summed E-state index contributed by atoms with van der Waals surface area (Å²) >= 11 is 5.47. The van der Waals surface area contributed by atoms with Crippen LogP contribution in [0.15, 0.2) is 18.2 Å². The molecule has 1 fully saturated rings. The van der Waals surface area contributed by atoms with Gasteiger partial charge in [-0.2, -0.15) is 0 Å². The largest absolute Gasteiger partial charge is 0.378 e. The Kier molecular flexibility index (Phi) is 3.46. The molecule has 3 rings (SSSR count). The molecule has 0 aliphatic carbocycles. The first-order chi connectivity index (χ1) is 9.19. The molecule has 0 amide bonds. The Hall–Kier alpha value is -1.13. The molecule has 1 saturated heterocycles. The molecule has 2 atom stereocenters. The number of imidazole rings is 1. The zero-order chi connectivity index (χ0) is 13.4. The van der Waals surface area contributed by atoms with E-state index in [0.717, 1.165) is 36.3 Å². The Labute approximate surface area is 118 Å². The van der Waals surface area contributed by atoms with E-state index in [1.165, 1.54) is 11.1 Å². The molecule has 19 heavy (non-hydrogen) atoms. The summed E-state index contributed by atoms with van der Waals surface area (Å²) in [7, 11) is 0. The predicted octanol–water partition coefficient (Wildman–Crippen LogP) is 3.82. The van der Waals surface area contributed by atoms with E-state index in [4.69, 9.17) is 17.0 Å². The van der Waals surface area contributed by atoms with Gasteiger partial charge in [0.05, 0.1) is 17.1 Å². The summed E-state index contributed by atoms with van der Waals surface area (Å²) in [6.45, 7) is 6.14. The molecule has 4 heteroatoms. The SMILES string of the molecule is CCC1OCCC1Cn1c(=S)[nH]c2cc(C)ccc21. The number of benzene rings is 1. The van der Waals surface area contributed by atoms with Crippen LogP contribution in [0.3, 0.4) is 0 Å². The molecule has 2 unspecified atom stereocenters. The van der Waals surface area contributed by atoms with Gasteiger partial charge in [0.1, 0.15) is 0 Å². The van der Waals surface area contributed by atoms with Gasteiger partial charge in [-0.05, 0) is 49.7 Å². The molecular weight excluding hydrogens is 256 g/mol. The summed E-state index contributed by atoms with van der Waals surface area (Å²) in [4.78, 5) is 3.31. The van der Waals surface area contributed by atoms with E-state index >= 15 is 0 Å². The third kappa shape index (κ3) is 2.35. The number of nitrogens with zero attached hydrogens (tertiary/aromatic N) is 1. The van der Waals surface area contributed by atoms with Crippen LogP contribution in [0.4, 0.5) is 0 Å². The predicted molar refractivity (Wildman–Crippen MR) is 80.0 cm³/mol. The van der Waals surface area contributed by atoms with Crippen LogP contribution in [0, 0.1) is 17.6 Å². The van der Waals surface area contributed by atoms with Crippen molar-refractivity contribution >= 4 is 23.3 Å². The van der Waals surface area contributed by atoms with Crippen LogP contribution in [0.1, 0.15) is 25.3 Å². The van der Waals surface area contributed by atoms with Crippen LogP contribution in [0.2, 0.25) is 0 Å². The number of hydrogen-bond donors (Lipinski definition) is 1. The van der Waals surface area contributed by atoms with Crippen molar-refractivity contribution in [1.82, 2.24) is 9.55 Å². The number of rotatable bonds is 3. The fourth-order valence-electron chi connectivity index (χ4n) is 3.05. The number of fused-ring (bicyclic) bond motifs is 1. The molecule has 2 heterocycles. The zero-order valence-corrected chi connectivity index (χ0v) is 12.3. The monoisotopic (exact) mass is 276 g/mol. The highest BCUT2D eigenvalue weighted by atomic mass is 32.1. The number of aryl methyl sites for hydroxylation is 1. The van der Waals surface area contributed by atoms with Gasteiger partial charge in [-0.3, -0.25) is 0 Å². The normalized spacial score (nSPS) is 23.3. The molecule has 102 valence electrons. The van der Waals surface area contributed by atoms with Gasteiger partial charge < -0.3 is 14.3 Å². The molecule has 0 spiro atoms. The highest BCUT2D eigenvalue weighted by Crippen LogP contribution is 2.27. The van der Waals surface area contributed by atoms with Crippen LogP contribution in [-0.4, -0.2) is 22.3 Å². The fourth-order valence-corrected chi connectivity index (χ4v) is 3.33. The number of ether oxygens (including phenoxy) is 1. The second-order valence-electron chi connectivity index (χ2n) is 5.43. The van der Waals surface area contributed by atoms with Gasteiger partial charge in [0.2, 0.25) is 0 Å². The molecule has 1 aliphatic heterocycles. The van der Waals surface area contributed by atoms with Crippen molar-refractivity contribution in [2.75, 3.05) is 6.61 Å². The van der Waals surface area contributed by atoms with E-state index < -0.39 is 0 Å². The van der Waals surface area contributed by atoms with Crippen molar-refractivity contribution in [3.63, 3.8) is 0 Å². The molecule has 3 nitrogen and oxygen atoms in total. The van der Waals surface area contributed by atoms with Crippen molar-refractivity contribution in [1.29, 1.82) is 0 Å². The van der Waals surface area contributed by atoms with Gasteiger partial charge in [-0.15, -0.1) is 0 Å². The third-order valence-corrected chi connectivity index (χ3v) is 4.42. The lowest BCUT2D eigenvalue weighted by Crippen LogP contribution is -2.20. The molecule has 1 N–H and O–H groups in total. The number of hydrogen-bond acceptors (Lipinski definition) is 2. The van der Waals surface area contributed by atoms with Gasteiger partial charge >= 0.3 is 0 Å². The maximum atomic E-state index is 5.78. The Morgan fingerprint density at radius 2 is 2.32 bits per heavy atom. The van der Waals surface area contributed by atoms with Gasteiger partial charge in [-0.25, -0.2) is 0 Å².